The molecule has 6 rings (SSSR count). The van der Waals surface area contributed by atoms with Crippen LogP contribution in [0, 0.1) is 18.8 Å². The molecule has 1 spiro atoms. The number of imide groups is 1. The van der Waals surface area contributed by atoms with Crippen LogP contribution < -0.4 is 10.6 Å². The van der Waals surface area contributed by atoms with Crippen molar-refractivity contribution in [3.05, 3.63) is 95.1 Å². The Balaban J connectivity index is 1.40. The number of carbonyl (C=O) groups excluding carboxylic acids is 3. The smallest absolute Gasteiger partial charge is 0.250 e. The van der Waals surface area contributed by atoms with Gasteiger partial charge in [0.1, 0.15) is 11.3 Å². The lowest BCUT2D eigenvalue weighted by Gasteiger charge is -2.29. The minimum absolute atomic E-state index is 0.159. The Labute approximate surface area is 209 Å². The first-order chi connectivity index (χ1) is 17.4. The monoisotopic (exact) mass is 481 g/mol. The molecule has 3 N–H and O–H groups in total. The Bertz CT molecular complexity index is 1370. The number of phenolic OH excluding ortho intramolecular Hbond substituents is 1. The van der Waals surface area contributed by atoms with Gasteiger partial charge in [-0.3, -0.25) is 24.6 Å². The number of benzene rings is 3. The number of nitrogens with zero attached hydrogens (tertiary/aromatic N) is 1. The molecule has 0 aromatic heterocycles. The number of rotatable bonds is 5. The van der Waals surface area contributed by atoms with Gasteiger partial charge in [0.15, 0.2) is 0 Å². The minimum atomic E-state index is -1.30. The first-order valence-corrected chi connectivity index (χ1v) is 12.3. The Hall–Kier alpha value is -3.97. The van der Waals surface area contributed by atoms with Crippen LogP contribution in [0.2, 0.25) is 0 Å². The van der Waals surface area contributed by atoms with Crippen LogP contribution in [0.3, 0.4) is 0 Å². The summed E-state index contributed by atoms with van der Waals surface area (Å²) in [7, 11) is 0. The zero-order valence-electron chi connectivity index (χ0n) is 19.9. The van der Waals surface area contributed by atoms with E-state index < -0.39 is 23.4 Å². The second-order valence-electron chi connectivity index (χ2n) is 10.00. The van der Waals surface area contributed by atoms with E-state index in [2.05, 4.69) is 10.6 Å². The third-order valence-electron chi connectivity index (χ3n) is 7.82. The molecule has 0 aliphatic carbocycles. The summed E-state index contributed by atoms with van der Waals surface area (Å²) in [5.41, 5.74) is 3.02. The van der Waals surface area contributed by atoms with Crippen molar-refractivity contribution in [2.45, 2.75) is 31.3 Å². The van der Waals surface area contributed by atoms with Gasteiger partial charge < -0.3 is 10.4 Å². The average molecular weight is 482 g/mol. The quantitative estimate of drug-likeness (QED) is 0.487. The largest absolute Gasteiger partial charge is 0.508 e. The highest BCUT2D eigenvalue weighted by molar-refractivity contribution is 6.15. The van der Waals surface area contributed by atoms with Crippen molar-refractivity contribution in [3.63, 3.8) is 0 Å². The summed E-state index contributed by atoms with van der Waals surface area (Å²) in [5.74, 6) is -2.16. The second kappa shape index (κ2) is 8.31. The predicted molar refractivity (Wildman–Crippen MR) is 134 cm³/mol. The number of amides is 3. The molecule has 2 saturated heterocycles. The van der Waals surface area contributed by atoms with E-state index in [1.54, 1.807) is 24.3 Å². The molecule has 3 aliphatic rings. The van der Waals surface area contributed by atoms with Crippen LogP contribution in [0.5, 0.6) is 5.75 Å². The van der Waals surface area contributed by atoms with Gasteiger partial charge in [0, 0.05) is 23.8 Å². The van der Waals surface area contributed by atoms with E-state index in [9.17, 15) is 19.5 Å². The maximum absolute atomic E-state index is 13.9. The predicted octanol–water partition coefficient (Wildman–Crippen LogP) is 2.91. The molecule has 0 bridgehead atoms. The molecule has 7 nitrogen and oxygen atoms in total. The Morgan fingerprint density at radius 2 is 1.67 bits per heavy atom. The van der Waals surface area contributed by atoms with Crippen LogP contribution in [0.1, 0.15) is 22.3 Å². The zero-order valence-corrected chi connectivity index (χ0v) is 19.9. The highest BCUT2D eigenvalue weighted by Crippen LogP contribution is 2.53. The van der Waals surface area contributed by atoms with Crippen molar-refractivity contribution in [2.24, 2.45) is 11.8 Å². The van der Waals surface area contributed by atoms with Gasteiger partial charge in [-0.05, 0) is 49.1 Å². The fourth-order valence-corrected chi connectivity index (χ4v) is 6.14. The summed E-state index contributed by atoms with van der Waals surface area (Å²) in [6.45, 7) is 2.23. The van der Waals surface area contributed by atoms with Gasteiger partial charge in [0.05, 0.1) is 11.8 Å². The minimum Gasteiger partial charge on any atom is -0.508 e. The van der Waals surface area contributed by atoms with Crippen LogP contribution in [0.4, 0.5) is 5.69 Å². The van der Waals surface area contributed by atoms with Crippen LogP contribution in [0.15, 0.2) is 72.8 Å². The second-order valence-corrected chi connectivity index (χ2v) is 10.00. The van der Waals surface area contributed by atoms with E-state index in [1.807, 2.05) is 55.5 Å². The van der Waals surface area contributed by atoms with Crippen molar-refractivity contribution in [1.29, 1.82) is 0 Å². The van der Waals surface area contributed by atoms with Crippen LogP contribution in [-0.2, 0) is 32.8 Å². The zero-order chi connectivity index (χ0) is 25.0. The number of likely N-dealkylation sites (tertiary alicyclic amines) is 1. The number of phenols is 1. The van der Waals surface area contributed by atoms with E-state index in [1.165, 1.54) is 4.90 Å². The Morgan fingerprint density at radius 3 is 2.42 bits per heavy atom. The summed E-state index contributed by atoms with van der Waals surface area (Å²) in [6, 6.07) is 21.9. The molecule has 0 saturated carbocycles. The van der Waals surface area contributed by atoms with E-state index in [0.29, 0.717) is 18.5 Å². The first-order valence-electron chi connectivity index (χ1n) is 12.3. The first kappa shape index (κ1) is 22.5. The third-order valence-corrected chi connectivity index (χ3v) is 7.82. The van der Waals surface area contributed by atoms with E-state index in [0.717, 1.165) is 22.3 Å². The van der Waals surface area contributed by atoms with E-state index >= 15 is 0 Å². The van der Waals surface area contributed by atoms with Crippen LogP contribution >= 0.6 is 0 Å². The SMILES string of the molecule is Cc1ccc2c(c1)[C@]1(N[C@H](Cc3ccc(O)cc3)[C@H]3C(=O)N(CCc4ccccc4)C(=O)[C@@H]31)C(=O)N2. The summed E-state index contributed by atoms with van der Waals surface area (Å²) < 4.78 is 0. The number of carbonyl (C=O) groups is 3. The molecule has 0 unspecified atom stereocenters. The lowest BCUT2D eigenvalue weighted by molar-refractivity contribution is -0.142. The number of hydrogen-bond donors (Lipinski definition) is 3. The van der Waals surface area contributed by atoms with Crippen molar-refractivity contribution in [2.75, 3.05) is 11.9 Å². The number of aromatic hydroxyl groups is 1. The van der Waals surface area contributed by atoms with Crippen LogP contribution in [-0.4, -0.2) is 40.3 Å². The molecule has 2 fully saturated rings. The number of hydrogen-bond acceptors (Lipinski definition) is 5. The highest BCUT2D eigenvalue weighted by atomic mass is 16.3. The topological polar surface area (TPSA) is 98.7 Å². The molecular formula is C29H27N3O4. The molecule has 36 heavy (non-hydrogen) atoms. The van der Waals surface area contributed by atoms with Crippen LogP contribution in [0.25, 0.3) is 0 Å². The Kier molecular flexibility index (Phi) is 5.19. The fourth-order valence-electron chi connectivity index (χ4n) is 6.14. The molecule has 4 atom stereocenters. The molecule has 3 aromatic rings. The standard InChI is InChI=1S/C29H27N3O4/c1-17-7-12-22-21(15-17)29(28(36)30-22)25-24(23(31-29)16-19-8-10-20(33)11-9-19)26(34)32(27(25)35)14-13-18-5-3-2-4-6-18/h2-12,15,23-25,31,33H,13-14,16H2,1H3,(H,30,36)/t23-,24-,25-,29-/m1/s1. The maximum atomic E-state index is 13.9. The van der Waals surface area contributed by atoms with Gasteiger partial charge in [0.2, 0.25) is 17.7 Å². The molecule has 3 aromatic carbocycles. The van der Waals surface area contributed by atoms with E-state index in [4.69, 9.17) is 0 Å². The number of nitrogens with one attached hydrogen (secondary N) is 2. The number of anilines is 1. The van der Waals surface area contributed by atoms with Gasteiger partial charge >= 0.3 is 0 Å². The third kappa shape index (κ3) is 3.34. The number of aryl methyl sites for hydroxylation is 1. The Morgan fingerprint density at radius 1 is 0.917 bits per heavy atom. The molecule has 3 amide bonds. The molecule has 182 valence electrons. The fraction of sp³-hybridized carbons (Fsp3) is 0.276. The van der Waals surface area contributed by atoms with Gasteiger partial charge in [-0.25, -0.2) is 0 Å². The van der Waals surface area contributed by atoms with Gasteiger partial charge in [-0.1, -0.05) is 60.2 Å². The summed E-state index contributed by atoms with van der Waals surface area (Å²) >= 11 is 0. The normalized spacial score (nSPS) is 26.4. The molecular weight excluding hydrogens is 454 g/mol. The lowest BCUT2D eigenvalue weighted by atomic mass is 9.76. The molecule has 3 aliphatic heterocycles. The van der Waals surface area contributed by atoms with Gasteiger partial charge in [0.25, 0.3) is 0 Å². The lowest BCUT2D eigenvalue weighted by Crippen LogP contribution is -2.53. The molecule has 3 heterocycles. The van der Waals surface area contributed by atoms with Crippen molar-refractivity contribution >= 4 is 23.4 Å². The van der Waals surface area contributed by atoms with Crippen molar-refractivity contribution < 1.29 is 19.5 Å². The molecule has 0 radical (unpaired) electrons. The number of fused-ring (bicyclic) bond motifs is 4. The molecule has 7 heteroatoms. The van der Waals surface area contributed by atoms with E-state index in [-0.39, 0.29) is 30.0 Å². The summed E-state index contributed by atoms with van der Waals surface area (Å²) in [5, 5.41) is 16.1. The van der Waals surface area contributed by atoms with Gasteiger partial charge in [-0.2, -0.15) is 0 Å². The van der Waals surface area contributed by atoms with Gasteiger partial charge in [-0.15, -0.1) is 0 Å². The summed E-state index contributed by atoms with van der Waals surface area (Å²) in [6.07, 6.45) is 1.01. The summed E-state index contributed by atoms with van der Waals surface area (Å²) in [4.78, 5) is 42.7. The van der Waals surface area contributed by atoms with Crippen molar-refractivity contribution in [1.82, 2.24) is 10.2 Å². The average Bonchev–Trinajstić information content (AvgIpc) is 3.44. The highest BCUT2D eigenvalue weighted by Gasteiger charge is 2.70. The maximum Gasteiger partial charge on any atom is 0.250 e. The van der Waals surface area contributed by atoms with Crippen molar-refractivity contribution in [3.8, 4) is 5.75 Å².